The van der Waals surface area contributed by atoms with Crippen LogP contribution in [-0.4, -0.2) is 26.4 Å². The standard InChI is InChI=1S/C7H14O2/c1-2-3-8-4-7-5-9-6-7/h7H,2-6H2,1H3. The lowest BCUT2D eigenvalue weighted by atomic mass is 10.1. The van der Waals surface area contributed by atoms with Gasteiger partial charge < -0.3 is 9.47 Å². The van der Waals surface area contributed by atoms with Crippen molar-refractivity contribution in [3.05, 3.63) is 0 Å². The van der Waals surface area contributed by atoms with Crippen molar-refractivity contribution in [1.29, 1.82) is 0 Å². The summed E-state index contributed by atoms with van der Waals surface area (Å²) in [6.07, 6.45) is 1.12. The summed E-state index contributed by atoms with van der Waals surface area (Å²) in [4.78, 5) is 0. The summed E-state index contributed by atoms with van der Waals surface area (Å²) in [6.45, 7) is 5.73. The molecule has 0 unspecified atom stereocenters. The maximum absolute atomic E-state index is 5.31. The molecule has 0 N–H and O–H groups in total. The van der Waals surface area contributed by atoms with Crippen molar-refractivity contribution in [2.75, 3.05) is 26.4 Å². The molecule has 9 heavy (non-hydrogen) atoms. The Morgan fingerprint density at radius 3 is 2.78 bits per heavy atom. The molecule has 0 bridgehead atoms. The van der Waals surface area contributed by atoms with Crippen LogP contribution in [-0.2, 0) is 9.47 Å². The number of hydrogen-bond acceptors (Lipinski definition) is 2. The maximum atomic E-state index is 5.31. The lowest BCUT2D eigenvalue weighted by Gasteiger charge is -2.25. The molecule has 0 spiro atoms. The van der Waals surface area contributed by atoms with Crippen molar-refractivity contribution in [2.45, 2.75) is 13.3 Å². The first-order valence-electron chi connectivity index (χ1n) is 3.59. The molecule has 1 aliphatic heterocycles. The Hall–Kier alpha value is -0.0800. The minimum atomic E-state index is 0.691. The van der Waals surface area contributed by atoms with Crippen LogP contribution in [0, 0.1) is 5.92 Å². The highest BCUT2D eigenvalue weighted by atomic mass is 16.5. The van der Waals surface area contributed by atoms with Crippen LogP contribution in [0.15, 0.2) is 0 Å². The third-order valence-electron chi connectivity index (χ3n) is 1.41. The molecule has 0 aromatic carbocycles. The van der Waals surface area contributed by atoms with Gasteiger partial charge in [-0.05, 0) is 6.42 Å². The Morgan fingerprint density at radius 1 is 1.56 bits per heavy atom. The minimum Gasteiger partial charge on any atom is -0.381 e. The van der Waals surface area contributed by atoms with Gasteiger partial charge in [-0.2, -0.15) is 0 Å². The van der Waals surface area contributed by atoms with Gasteiger partial charge in [0.05, 0.1) is 19.8 Å². The van der Waals surface area contributed by atoms with Gasteiger partial charge in [0.1, 0.15) is 0 Å². The Morgan fingerprint density at radius 2 is 2.33 bits per heavy atom. The van der Waals surface area contributed by atoms with Gasteiger partial charge in [0.15, 0.2) is 0 Å². The van der Waals surface area contributed by atoms with Gasteiger partial charge >= 0.3 is 0 Å². The van der Waals surface area contributed by atoms with E-state index in [0.717, 1.165) is 32.8 Å². The summed E-state index contributed by atoms with van der Waals surface area (Å²) in [5, 5.41) is 0. The van der Waals surface area contributed by atoms with Crippen LogP contribution in [0.2, 0.25) is 0 Å². The monoisotopic (exact) mass is 130 g/mol. The summed E-state index contributed by atoms with van der Waals surface area (Å²) in [6, 6.07) is 0. The Kier molecular flexibility index (Phi) is 3.01. The predicted octanol–water partition coefficient (Wildman–Crippen LogP) is 1.06. The molecule has 0 amide bonds. The first kappa shape index (κ1) is 7.03. The molecule has 0 aliphatic carbocycles. The molecule has 1 saturated heterocycles. The fourth-order valence-corrected chi connectivity index (χ4v) is 0.775. The minimum absolute atomic E-state index is 0.691. The highest BCUT2D eigenvalue weighted by Crippen LogP contribution is 2.09. The summed E-state index contributed by atoms with van der Waals surface area (Å²) in [5.74, 6) is 0.691. The van der Waals surface area contributed by atoms with Gasteiger partial charge in [-0.25, -0.2) is 0 Å². The zero-order valence-corrected chi connectivity index (χ0v) is 5.93. The molecule has 0 radical (unpaired) electrons. The van der Waals surface area contributed by atoms with Crippen LogP contribution in [0.3, 0.4) is 0 Å². The van der Waals surface area contributed by atoms with Crippen molar-refractivity contribution in [1.82, 2.24) is 0 Å². The molecule has 1 fully saturated rings. The van der Waals surface area contributed by atoms with Gasteiger partial charge in [0, 0.05) is 12.5 Å². The fourth-order valence-electron chi connectivity index (χ4n) is 0.775. The van der Waals surface area contributed by atoms with E-state index < -0.39 is 0 Å². The molecule has 1 heterocycles. The molecule has 0 atom stereocenters. The van der Waals surface area contributed by atoms with Crippen LogP contribution >= 0.6 is 0 Å². The summed E-state index contributed by atoms with van der Waals surface area (Å²) < 4.78 is 10.3. The Balaban J connectivity index is 1.80. The highest BCUT2D eigenvalue weighted by molar-refractivity contribution is 4.63. The lowest BCUT2D eigenvalue weighted by molar-refractivity contribution is -0.0713. The molecule has 54 valence electrons. The maximum Gasteiger partial charge on any atom is 0.0538 e. The predicted molar refractivity (Wildman–Crippen MR) is 35.4 cm³/mol. The Labute approximate surface area is 56.2 Å². The largest absolute Gasteiger partial charge is 0.381 e. The normalized spacial score (nSPS) is 19.7. The van der Waals surface area contributed by atoms with Gasteiger partial charge in [-0.3, -0.25) is 0 Å². The van der Waals surface area contributed by atoms with Gasteiger partial charge in [-0.15, -0.1) is 0 Å². The third kappa shape index (κ3) is 2.33. The zero-order chi connectivity index (χ0) is 6.53. The molecular weight excluding hydrogens is 116 g/mol. The van der Waals surface area contributed by atoms with E-state index in [2.05, 4.69) is 6.92 Å². The molecule has 1 aliphatic rings. The second kappa shape index (κ2) is 3.85. The van der Waals surface area contributed by atoms with E-state index >= 15 is 0 Å². The number of rotatable bonds is 4. The zero-order valence-electron chi connectivity index (χ0n) is 5.93. The molecule has 1 rings (SSSR count). The van der Waals surface area contributed by atoms with Crippen LogP contribution in [0.4, 0.5) is 0 Å². The van der Waals surface area contributed by atoms with E-state index in [-0.39, 0.29) is 0 Å². The number of hydrogen-bond donors (Lipinski definition) is 0. The molecule has 2 heteroatoms. The summed E-state index contributed by atoms with van der Waals surface area (Å²) in [5.41, 5.74) is 0. The number of ether oxygens (including phenoxy) is 2. The second-order valence-corrected chi connectivity index (χ2v) is 2.48. The highest BCUT2D eigenvalue weighted by Gasteiger charge is 2.17. The average Bonchev–Trinajstić information content (AvgIpc) is 1.76. The molecule has 0 saturated carbocycles. The summed E-state index contributed by atoms with van der Waals surface area (Å²) >= 11 is 0. The van der Waals surface area contributed by atoms with Gasteiger partial charge in [-0.1, -0.05) is 6.92 Å². The third-order valence-corrected chi connectivity index (χ3v) is 1.41. The van der Waals surface area contributed by atoms with Crippen molar-refractivity contribution in [3.63, 3.8) is 0 Å². The molecule has 0 aromatic rings. The lowest BCUT2D eigenvalue weighted by Crippen LogP contribution is -2.31. The van der Waals surface area contributed by atoms with E-state index in [1.54, 1.807) is 0 Å². The van der Waals surface area contributed by atoms with E-state index in [9.17, 15) is 0 Å². The Bertz CT molecular complexity index is 69.3. The second-order valence-electron chi connectivity index (χ2n) is 2.48. The van der Waals surface area contributed by atoms with Crippen molar-refractivity contribution >= 4 is 0 Å². The van der Waals surface area contributed by atoms with Crippen LogP contribution in [0.1, 0.15) is 13.3 Å². The van der Waals surface area contributed by atoms with E-state index in [1.165, 1.54) is 0 Å². The van der Waals surface area contributed by atoms with Crippen molar-refractivity contribution < 1.29 is 9.47 Å². The molecule has 0 aromatic heterocycles. The van der Waals surface area contributed by atoms with E-state index in [1.807, 2.05) is 0 Å². The van der Waals surface area contributed by atoms with E-state index in [4.69, 9.17) is 9.47 Å². The van der Waals surface area contributed by atoms with E-state index in [0.29, 0.717) is 5.92 Å². The van der Waals surface area contributed by atoms with Crippen LogP contribution < -0.4 is 0 Å². The molecular formula is C7H14O2. The molecule has 2 nitrogen and oxygen atoms in total. The van der Waals surface area contributed by atoms with Crippen LogP contribution in [0.25, 0.3) is 0 Å². The quantitative estimate of drug-likeness (QED) is 0.530. The average molecular weight is 130 g/mol. The van der Waals surface area contributed by atoms with Crippen molar-refractivity contribution in [3.8, 4) is 0 Å². The van der Waals surface area contributed by atoms with Gasteiger partial charge in [0.25, 0.3) is 0 Å². The summed E-state index contributed by atoms with van der Waals surface area (Å²) in [7, 11) is 0. The van der Waals surface area contributed by atoms with Crippen molar-refractivity contribution in [2.24, 2.45) is 5.92 Å². The fraction of sp³-hybridized carbons (Fsp3) is 1.00. The van der Waals surface area contributed by atoms with Gasteiger partial charge in [0.2, 0.25) is 0 Å². The van der Waals surface area contributed by atoms with Crippen LogP contribution in [0.5, 0.6) is 0 Å². The topological polar surface area (TPSA) is 18.5 Å². The first-order valence-corrected chi connectivity index (χ1v) is 3.59. The smallest absolute Gasteiger partial charge is 0.0538 e. The first-order chi connectivity index (χ1) is 4.43. The SMILES string of the molecule is CCCOCC1COC1.